The number of aryl methyl sites for hydroxylation is 1. The Bertz CT molecular complexity index is 493. The van der Waals surface area contributed by atoms with Gasteiger partial charge in [0.2, 0.25) is 0 Å². The van der Waals surface area contributed by atoms with Gasteiger partial charge in [-0.05, 0) is 12.1 Å². The third-order valence-corrected chi connectivity index (χ3v) is 2.75. The lowest BCUT2D eigenvalue weighted by Crippen LogP contribution is -1.89. The van der Waals surface area contributed by atoms with Gasteiger partial charge in [0.05, 0.1) is 10.4 Å². The number of aromatic amines is 1. The molecule has 0 bridgehead atoms. The Morgan fingerprint density at radius 1 is 1.57 bits per heavy atom. The molecule has 0 saturated heterocycles. The van der Waals surface area contributed by atoms with Crippen molar-refractivity contribution in [2.24, 2.45) is 0 Å². The summed E-state index contributed by atoms with van der Waals surface area (Å²) in [4.78, 5) is 7.69. The number of nitrogens with one attached hydrogen (secondary N) is 1. The van der Waals surface area contributed by atoms with Crippen molar-refractivity contribution >= 4 is 22.1 Å². The highest BCUT2D eigenvalue weighted by Gasteiger charge is 2.09. The van der Waals surface area contributed by atoms with Gasteiger partial charge in [-0.25, -0.2) is 9.19 Å². The van der Waals surface area contributed by atoms with Gasteiger partial charge in [-0.15, -0.1) is 0 Å². The maximum Gasteiger partial charge on any atom is 0.188 e. The van der Waals surface area contributed by atoms with Crippen LogP contribution in [0.5, 0.6) is 0 Å². The summed E-state index contributed by atoms with van der Waals surface area (Å²) in [6.07, 6.45) is 0.784. The largest absolute Gasteiger partial charge is 0.342 e. The Morgan fingerprint density at radius 2 is 2.36 bits per heavy atom. The zero-order valence-corrected chi connectivity index (χ0v) is 8.47. The minimum absolute atomic E-state index is 0.360. The van der Waals surface area contributed by atoms with Gasteiger partial charge in [-0.2, -0.15) is 0 Å². The van der Waals surface area contributed by atoms with Gasteiger partial charge in [0, 0.05) is 6.42 Å². The van der Waals surface area contributed by atoms with E-state index in [9.17, 15) is 4.21 Å². The quantitative estimate of drug-likeness (QED) is 0.741. The molecule has 2 rings (SSSR count). The van der Waals surface area contributed by atoms with Crippen LogP contribution in [0.4, 0.5) is 0 Å². The third-order valence-electron chi connectivity index (χ3n) is 2.05. The van der Waals surface area contributed by atoms with E-state index < -0.39 is 11.1 Å². The van der Waals surface area contributed by atoms with Crippen LogP contribution in [0.25, 0.3) is 11.0 Å². The molecule has 1 heterocycles. The molecule has 0 spiro atoms. The number of nitrogens with zero attached hydrogens (tertiary/aromatic N) is 1. The first-order valence-corrected chi connectivity index (χ1v) is 5.41. The van der Waals surface area contributed by atoms with Gasteiger partial charge in [0.15, 0.2) is 11.1 Å². The summed E-state index contributed by atoms with van der Waals surface area (Å²) in [5, 5.41) is 0. The van der Waals surface area contributed by atoms with Crippen LogP contribution in [0.15, 0.2) is 23.1 Å². The first-order valence-electron chi connectivity index (χ1n) is 4.31. The second kappa shape index (κ2) is 3.51. The van der Waals surface area contributed by atoms with Gasteiger partial charge in [0.1, 0.15) is 11.3 Å². The van der Waals surface area contributed by atoms with Crippen LogP contribution in [-0.4, -0.2) is 18.7 Å². The second-order valence-corrected chi connectivity index (χ2v) is 3.88. The highest BCUT2D eigenvalue weighted by Crippen LogP contribution is 2.18. The zero-order chi connectivity index (χ0) is 10.1. The van der Waals surface area contributed by atoms with Crippen molar-refractivity contribution in [2.45, 2.75) is 18.2 Å². The predicted molar refractivity (Wildman–Crippen MR) is 54.5 cm³/mol. The Balaban J connectivity index is 2.73. The minimum Gasteiger partial charge on any atom is -0.342 e. The Hall–Kier alpha value is -1.20. The molecule has 0 fully saturated rings. The van der Waals surface area contributed by atoms with Crippen molar-refractivity contribution in [1.82, 2.24) is 9.97 Å². The van der Waals surface area contributed by atoms with Crippen LogP contribution in [0, 0.1) is 0 Å². The average molecular weight is 210 g/mol. The number of hydrogen-bond donors (Lipinski definition) is 2. The first kappa shape index (κ1) is 9.36. The van der Waals surface area contributed by atoms with Crippen LogP contribution in [0.1, 0.15) is 12.7 Å². The van der Waals surface area contributed by atoms with Crippen LogP contribution >= 0.6 is 0 Å². The molecule has 1 unspecified atom stereocenters. The van der Waals surface area contributed by atoms with Crippen molar-refractivity contribution in [3.8, 4) is 0 Å². The SMILES string of the molecule is CCc1nc2c(S(=O)O)cccc2[nH]1. The fourth-order valence-electron chi connectivity index (χ4n) is 1.37. The molecule has 0 radical (unpaired) electrons. The molecule has 1 aromatic heterocycles. The zero-order valence-electron chi connectivity index (χ0n) is 7.65. The molecule has 2 aromatic rings. The van der Waals surface area contributed by atoms with E-state index in [0.29, 0.717) is 10.4 Å². The smallest absolute Gasteiger partial charge is 0.188 e. The number of rotatable bonds is 2. The van der Waals surface area contributed by atoms with Crippen molar-refractivity contribution in [1.29, 1.82) is 0 Å². The molecule has 1 aromatic carbocycles. The van der Waals surface area contributed by atoms with Crippen molar-refractivity contribution in [2.75, 3.05) is 0 Å². The lowest BCUT2D eigenvalue weighted by Gasteiger charge is -1.94. The lowest BCUT2D eigenvalue weighted by atomic mass is 10.3. The maximum absolute atomic E-state index is 11.0. The summed E-state index contributed by atoms with van der Waals surface area (Å²) in [6.45, 7) is 1.98. The summed E-state index contributed by atoms with van der Waals surface area (Å²) >= 11 is -1.97. The molecular formula is C9H10N2O2S. The van der Waals surface area contributed by atoms with Crippen LogP contribution < -0.4 is 0 Å². The van der Waals surface area contributed by atoms with Gasteiger partial charge in [-0.3, -0.25) is 0 Å². The van der Waals surface area contributed by atoms with E-state index in [1.54, 1.807) is 12.1 Å². The molecule has 2 N–H and O–H groups in total. The highest BCUT2D eigenvalue weighted by molar-refractivity contribution is 7.79. The van der Waals surface area contributed by atoms with Crippen molar-refractivity contribution in [3.63, 3.8) is 0 Å². The summed E-state index contributed by atoms with van der Waals surface area (Å²) in [6, 6.07) is 5.19. The molecule has 0 saturated carbocycles. The van der Waals surface area contributed by atoms with Crippen molar-refractivity contribution in [3.05, 3.63) is 24.0 Å². The third kappa shape index (κ3) is 1.44. The van der Waals surface area contributed by atoms with Crippen LogP contribution in [0.2, 0.25) is 0 Å². The molecule has 74 valence electrons. The summed E-state index contributed by atoms with van der Waals surface area (Å²) in [7, 11) is 0. The van der Waals surface area contributed by atoms with E-state index >= 15 is 0 Å². The summed E-state index contributed by atoms with van der Waals surface area (Å²) < 4.78 is 20.0. The molecule has 0 aliphatic rings. The molecule has 0 aliphatic carbocycles. The monoisotopic (exact) mass is 210 g/mol. The van der Waals surface area contributed by atoms with E-state index in [1.807, 2.05) is 13.0 Å². The van der Waals surface area contributed by atoms with E-state index in [1.165, 1.54) is 0 Å². The van der Waals surface area contributed by atoms with Crippen LogP contribution in [-0.2, 0) is 17.5 Å². The van der Waals surface area contributed by atoms with E-state index in [4.69, 9.17) is 4.55 Å². The van der Waals surface area contributed by atoms with Gasteiger partial charge >= 0.3 is 0 Å². The number of fused-ring (bicyclic) bond motifs is 1. The van der Waals surface area contributed by atoms with E-state index in [-0.39, 0.29) is 0 Å². The topological polar surface area (TPSA) is 66.0 Å². The molecule has 0 amide bonds. The average Bonchev–Trinajstić information content (AvgIpc) is 2.59. The molecule has 5 heteroatoms. The van der Waals surface area contributed by atoms with Gasteiger partial charge < -0.3 is 9.54 Å². The number of H-pyrrole nitrogens is 1. The Labute approximate surface area is 83.6 Å². The predicted octanol–water partition coefficient (Wildman–Crippen LogP) is 1.71. The number of aromatic nitrogens is 2. The molecule has 14 heavy (non-hydrogen) atoms. The molecular weight excluding hydrogens is 200 g/mol. The second-order valence-electron chi connectivity index (χ2n) is 2.94. The van der Waals surface area contributed by atoms with Gasteiger partial charge in [-0.1, -0.05) is 13.0 Å². The Kier molecular flexibility index (Phi) is 2.35. The normalized spacial score (nSPS) is 13.3. The fourth-order valence-corrected chi connectivity index (χ4v) is 1.88. The molecule has 0 aliphatic heterocycles. The minimum atomic E-state index is -1.97. The molecule has 1 atom stereocenters. The maximum atomic E-state index is 11.0. The molecule has 4 nitrogen and oxygen atoms in total. The lowest BCUT2D eigenvalue weighted by molar-refractivity contribution is 0.565. The number of hydrogen-bond acceptors (Lipinski definition) is 2. The fraction of sp³-hybridized carbons (Fsp3) is 0.222. The number of imidazole rings is 1. The number of benzene rings is 1. The summed E-state index contributed by atoms with van der Waals surface area (Å²) in [5.41, 5.74) is 1.40. The summed E-state index contributed by atoms with van der Waals surface area (Å²) in [5.74, 6) is 0.831. The highest BCUT2D eigenvalue weighted by atomic mass is 32.2. The Morgan fingerprint density at radius 3 is 3.00 bits per heavy atom. The van der Waals surface area contributed by atoms with Crippen LogP contribution in [0.3, 0.4) is 0 Å². The standard InChI is InChI=1S/C9H10N2O2S/c1-2-8-10-6-4-3-5-7(14(12)13)9(6)11-8/h3-5H,2H2,1H3,(H,10,11)(H,12,13). The van der Waals surface area contributed by atoms with Crippen molar-refractivity contribution < 1.29 is 8.76 Å². The number of para-hydroxylation sites is 1. The van der Waals surface area contributed by atoms with E-state index in [2.05, 4.69) is 9.97 Å². The van der Waals surface area contributed by atoms with E-state index in [0.717, 1.165) is 17.8 Å². The van der Waals surface area contributed by atoms with Gasteiger partial charge in [0.25, 0.3) is 0 Å². The first-order chi connectivity index (χ1) is 6.72.